The summed E-state index contributed by atoms with van der Waals surface area (Å²) < 4.78 is 13.0. The van der Waals surface area contributed by atoms with Crippen LogP contribution >= 0.6 is 35.0 Å². The van der Waals surface area contributed by atoms with E-state index in [1.54, 1.807) is 37.3 Å². The topological polar surface area (TPSA) is 49.4 Å². The van der Waals surface area contributed by atoms with Crippen molar-refractivity contribution in [3.63, 3.8) is 0 Å². The van der Waals surface area contributed by atoms with E-state index in [2.05, 4.69) is 5.32 Å². The zero-order valence-corrected chi connectivity index (χ0v) is 17.9. The summed E-state index contributed by atoms with van der Waals surface area (Å²) in [5, 5.41) is 3.39. The summed E-state index contributed by atoms with van der Waals surface area (Å²) in [6, 6.07) is 10.6. The van der Waals surface area contributed by atoms with E-state index in [0.29, 0.717) is 15.8 Å². The first-order valence-corrected chi connectivity index (χ1v) is 10.5. The zero-order chi connectivity index (χ0) is 20.7. The molecule has 2 amide bonds. The molecule has 1 atom stereocenters. The van der Waals surface area contributed by atoms with Crippen LogP contribution in [0.25, 0.3) is 0 Å². The SMILES string of the molecule is CNC(=O)[C@H](C)N(Cc1ccc(Cl)c(Cl)c1)C(=O)CSCc1ccc(F)cc1. The van der Waals surface area contributed by atoms with Gasteiger partial charge < -0.3 is 10.2 Å². The number of thioether (sulfide) groups is 1. The van der Waals surface area contributed by atoms with Crippen molar-refractivity contribution >= 4 is 46.8 Å². The van der Waals surface area contributed by atoms with Crippen LogP contribution in [-0.4, -0.2) is 35.6 Å². The number of carbonyl (C=O) groups is 2. The molecule has 0 radical (unpaired) electrons. The maximum atomic E-state index is 13.0. The highest BCUT2D eigenvalue weighted by atomic mass is 35.5. The van der Waals surface area contributed by atoms with Crippen LogP contribution in [0.15, 0.2) is 42.5 Å². The summed E-state index contributed by atoms with van der Waals surface area (Å²) in [6.07, 6.45) is 0. The van der Waals surface area contributed by atoms with E-state index in [9.17, 15) is 14.0 Å². The number of carbonyl (C=O) groups excluding carboxylic acids is 2. The standard InChI is InChI=1S/C20H21Cl2FN2O2S/c1-13(20(27)24-2)25(10-15-5-8-17(21)18(22)9-15)19(26)12-28-11-14-3-6-16(23)7-4-14/h3-9,13H,10-12H2,1-2H3,(H,24,27)/t13-/m0/s1. The number of nitrogens with zero attached hydrogens (tertiary/aromatic N) is 1. The molecule has 28 heavy (non-hydrogen) atoms. The van der Waals surface area contributed by atoms with Gasteiger partial charge in [-0.2, -0.15) is 0 Å². The largest absolute Gasteiger partial charge is 0.357 e. The predicted molar refractivity (Wildman–Crippen MR) is 113 cm³/mol. The fourth-order valence-electron chi connectivity index (χ4n) is 2.55. The van der Waals surface area contributed by atoms with Gasteiger partial charge in [0.25, 0.3) is 0 Å². The molecule has 0 spiro atoms. The molecule has 0 aliphatic heterocycles. The van der Waals surface area contributed by atoms with Crippen molar-refractivity contribution in [2.24, 2.45) is 0 Å². The lowest BCUT2D eigenvalue weighted by Gasteiger charge is -2.28. The van der Waals surface area contributed by atoms with Crippen molar-refractivity contribution in [1.29, 1.82) is 0 Å². The minimum absolute atomic E-state index is 0.172. The molecule has 2 aromatic carbocycles. The number of rotatable bonds is 8. The van der Waals surface area contributed by atoms with Crippen molar-refractivity contribution in [3.8, 4) is 0 Å². The molecule has 0 saturated carbocycles. The first-order chi connectivity index (χ1) is 13.3. The minimum atomic E-state index is -0.640. The number of likely N-dealkylation sites (N-methyl/N-ethyl adjacent to an activating group) is 1. The van der Waals surface area contributed by atoms with E-state index in [0.717, 1.165) is 11.1 Å². The summed E-state index contributed by atoms with van der Waals surface area (Å²) in [7, 11) is 1.53. The average molecular weight is 443 g/mol. The third-order valence-electron chi connectivity index (χ3n) is 4.16. The van der Waals surface area contributed by atoms with Crippen molar-refractivity contribution < 1.29 is 14.0 Å². The van der Waals surface area contributed by atoms with Crippen LogP contribution in [0.3, 0.4) is 0 Å². The summed E-state index contributed by atoms with van der Waals surface area (Å²) >= 11 is 13.4. The molecule has 0 bridgehead atoms. The summed E-state index contributed by atoms with van der Waals surface area (Å²) in [5.74, 6) is 0.0457. The zero-order valence-electron chi connectivity index (χ0n) is 15.5. The molecule has 150 valence electrons. The Morgan fingerprint density at radius 2 is 1.75 bits per heavy atom. The number of nitrogens with one attached hydrogen (secondary N) is 1. The van der Waals surface area contributed by atoms with Crippen LogP contribution in [0.5, 0.6) is 0 Å². The van der Waals surface area contributed by atoms with Crippen molar-refractivity contribution in [2.45, 2.75) is 25.3 Å². The van der Waals surface area contributed by atoms with Gasteiger partial charge in [-0.15, -0.1) is 11.8 Å². The molecule has 2 rings (SSSR count). The molecule has 2 aromatic rings. The second kappa shape index (κ2) is 10.7. The van der Waals surface area contributed by atoms with E-state index in [1.807, 2.05) is 0 Å². The third kappa shape index (κ3) is 6.40. The van der Waals surface area contributed by atoms with Gasteiger partial charge in [-0.1, -0.05) is 41.4 Å². The second-order valence-electron chi connectivity index (χ2n) is 6.18. The van der Waals surface area contributed by atoms with Gasteiger partial charge in [0.15, 0.2) is 0 Å². The second-order valence-corrected chi connectivity index (χ2v) is 7.98. The number of halogens is 3. The van der Waals surface area contributed by atoms with E-state index < -0.39 is 6.04 Å². The van der Waals surface area contributed by atoms with Gasteiger partial charge in [0, 0.05) is 19.3 Å². The molecule has 0 aliphatic rings. The van der Waals surface area contributed by atoms with E-state index in [1.165, 1.54) is 35.8 Å². The molecule has 0 fully saturated rings. The normalized spacial score (nSPS) is 11.8. The number of hydrogen-bond acceptors (Lipinski definition) is 3. The minimum Gasteiger partial charge on any atom is -0.357 e. The van der Waals surface area contributed by atoms with Gasteiger partial charge in [-0.3, -0.25) is 9.59 Å². The quantitative estimate of drug-likeness (QED) is 0.653. The van der Waals surface area contributed by atoms with Crippen LogP contribution in [-0.2, 0) is 21.9 Å². The predicted octanol–water partition coefficient (Wildman–Crippen LogP) is 4.53. The Kier molecular flexibility index (Phi) is 8.60. The molecule has 1 N–H and O–H groups in total. The Bertz CT molecular complexity index is 833. The molecule has 0 heterocycles. The molecule has 0 aliphatic carbocycles. The highest BCUT2D eigenvalue weighted by molar-refractivity contribution is 7.99. The number of amides is 2. The summed E-state index contributed by atoms with van der Waals surface area (Å²) in [4.78, 5) is 26.4. The Morgan fingerprint density at radius 1 is 1.11 bits per heavy atom. The van der Waals surface area contributed by atoms with Crippen LogP contribution < -0.4 is 5.32 Å². The number of hydrogen-bond donors (Lipinski definition) is 1. The van der Waals surface area contributed by atoms with Gasteiger partial charge in [0.1, 0.15) is 11.9 Å². The Morgan fingerprint density at radius 3 is 2.36 bits per heavy atom. The lowest BCUT2D eigenvalue weighted by Crippen LogP contribution is -2.47. The van der Waals surface area contributed by atoms with Crippen molar-refractivity contribution in [2.75, 3.05) is 12.8 Å². The van der Waals surface area contributed by atoms with Gasteiger partial charge in [0.2, 0.25) is 11.8 Å². The maximum Gasteiger partial charge on any atom is 0.242 e. The lowest BCUT2D eigenvalue weighted by atomic mass is 10.1. The smallest absolute Gasteiger partial charge is 0.242 e. The molecule has 4 nitrogen and oxygen atoms in total. The fraction of sp³-hybridized carbons (Fsp3) is 0.300. The third-order valence-corrected chi connectivity index (χ3v) is 5.89. The highest BCUT2D eigenvalue weighted by Crippen LogP contribution is 2.24. The average Bonchev–Trinajstić information content (AvgIpc) is 2.69. The lowest BCUT2D eigenvalue weighted by molar-refractivity contribution is -0.138. The van der Waals surface area contributed by atoms with Crippen molar-refractivity contribution in [3.05, 3.63) is 69.5 Å². The maximum absolute atomic E-state index is 13.0. The Balaban J connectivity index is 2.06. The van der Waals surface area contributed by atoms with Crippen LogP contribution in [0.1, 0.15) is 18.1 Å². The number of benzene rings is 2. The molecule has 0 saturated heterocycles. The van der Waals surface area contributed by atoms with Gasteiger partial charge in [0.05, 0.1) is 15.8 Å². The Hall–Kier alpha value is -1.76. The first-order valence-electron chi connectivity index (χ1n) is 8.59. The molecule has 8 heteroatoms. The van der Waals surface area contributed by atoms with E-state index in [4.69, 9.17) is 23.2 Å². The highest BCUT2D eigenvalue weighted by Gasteiger charge is 2.25. The van der Waals surface area contributed by atoms with Crippen LogP contribution in [0, 0.1) is 5.82 Å². The van der Waals surface area contributed by atoms with E-state index >= 15 is 0 Å². The summed E-state index contributed by atoms with van der Waals surface area (Å²) in [6.45, 7) is 1.92. The fourth-order valence-corrected chi connectivity index (χ4v) is 3.74. The van der Waals surface area contributed by atoms with E-state index in [-0.39, 0.29) is 29.9 Å². The monoisotopic (exact) mass is 442 g/mol. The van der Waals surface area contributed by atoms with Crippen LogP contribution in [0.4, 0.5) is 4.39 Å². The molecular formula is C20H21Cl2FN2O2S. The van der Waals surface area contributed by atoms with Crippen molar-refractivity contribution in [1.82, 2.24) is 10.2 Å². The van der Waals surface area contributed by atoms with Crippen LogP contribution in [0.2, 0.25) is 10.0 Å². The molecule has 0 unspecified atom stereocenters. The summed E-state index contributed by atoms with van der Waals surface area (Å²) in [5.41, 5.74) is 1.71. The van der Waals surface area contributed by atoms with Gasteiger partial charge in [-0.05, 0) is 42.3 Å². The molecular weight excluding hydrogens is 422 g/mol. The van der Waals surface area contributed by atoms with Gasteiger partial charge >= 0.3 is 0 Å². The first kappa shape index (κ1) is 22.5. The van der Waals surface area contributed by atoms with Gasteiger partial charge in [-0.25, -0.2) is 4.39 Å². The Labute approximate surface area is 178 Å². The molecule has 0 aromatic heterocycles.